The molecule has 1 saturated heterocycles. The first-order valence-electron chi connectivity index (χ1n) is 12.1. The molecular formula is C25H34N8. The number of fused-ring (bicyclic) bond motifs is 3. The molecule has 1 aliphatic carbocycles. The summed E-state index contributed by atoms with van der Waals surface area (Å²) < 4.78 is 2.42. The lowest BCUT2D eigenvalue weighted by atomic mass is 10.2. The number of hydrogen-bond donors (Lipinski definition) is 3. The zero-order valence-corrected chi connectivity index (χ0v) is 19.6. The van der Waals surface area contributed by atoms with Crippen molar-refractivity contribution < 1.29 is 0 Å². The molecule has 33 heavy (non-hydrogen) atoms. The van der Waals surface area contributed by atoms with Gasteiger partial charge < -0.3 is 25.8 Å². The molecule has 0 aromatic carbocycles. The molecule has 0 radical (unpaired) electrons. The minimum Gasteiger partial charge on any atom is -0.403 e. The van der Waals surface area contributed by atoms with Crippen molar-refractivity contribution in [2.24, 2.45) is 5.73 Å². The van der Waals surface area contributed by atoms with E-state index in [0.29, 0.717) is 12.0 Å². The minimum atomic E-state index is 0.0630. The molecule has 1 saturated carbocycles. The maximum absolute atomic E-state index is 5.90. The van der Waals surface area contributed by atoms with Gasteiger partial charge in [0.1, 0.15) is 5.65 Å². The number of anilines is 1. The summed E-state index contributed by atoms with van der Waals surface area (Å²) >= 11 is 0. The van der Waals surface area contributed by atoms with Crippen molar-refractivity contribution in [2.45, 2.75) is 51.6 Å². The second kappa shape index (κ2) is 9.39. The number of hydrogen-bond acceptors (Lipinski definition) is 7. The van der Waals surface area contributed by atoms with Crippen LogP contribution in [0.5, 0.6) is 0 Å². The molecule has 1 aliphatic heterocycles. The van der Waals surface area contributed by atoms with Gasteiger partial charge in [-0.2, -0.15) is 4.98 Å². The van der Waals surface area contributed by atoms with Crippen LogP contribution in [0.3, 0.4) is 0 Å². The molecule has 0 amide bonds. The van der Waals surface area contributed by atoms with Crippen molar-refractivity contribution in [3.63, 3.8) is 0 Å². The Kier molecular flexibility index (Phi) is 6.17. The Balaban J connectivity index is 1.42. The minimum absolute atomic E-state index is 0.0630. The fourth-order valence-corrected chi connectivity index (χ4v) is 5.20. The van der Waals surface area contributed by atoms with Gasteiger partial charge >= 0.3 is 0 Å². The van der Waals surface area contributed by atoms with Crippen molar-refractivity contribution in [1.29, 1.82) is 0 Å². The molecule has 0 spiro atoms. The number of piperazine rings is 1. The summed E-state index contributed by atoms with van der Waals surface area (Å²) in [6, 6.07) is 2.63. The maximum atomic E-state index is 5.90. The van der Waals surface area contributed by atoms with Gasteiger partial charge in [-0.3, -0.25) is 4.98 Å². The molecule has 2 aliphatic rings. The average molecular weight is 447 g/mol. The van der Waals surface area contributed by atoms with Gasteiger partial charge in [0.05, 0.1) is 16.9 Å². The highest BCUT2D eigenvalue weighted by molar-refractivity contribution is 6.07. The molecule has 1 atom stereocenters. The smallest absolute Gasteiger partial charge is 0.225 e. The Bertz CT molecular complexity index is 1180. The zero-order valence-electron chi connectivity index (χ0n) is 19.6. The maximum Gasteiger partial charge on any atom is 0.225 e. The first kappa shape index (κ1) is 21.7. The molecule has 0 bridgehead atoms. The third-order valence-corrected chi connectivity index (χ3v) is 6.89. The van der Waals surface area contributed by atoms with Crippen molar-refractivity contribution in [1.82, 2.24) is 29.7 Å². The summed E-state index contributed by atoms with van der Waals surface area (Å²) in [5.74, 6) is 0.646. The number of nitrogens with zero attached hydrogens (tertiary/aromatic N) is 5. The van der Waals surface area contributed by atoms with Crippen LogP contribution in [0.1, 0.15) is 44.3 Å². The molecule has 2 fully saturated rings. The Morgan fingerprint density at radius 1 is 1.21 bits per heavy atom. The van der Waals surface area contributed by atoms with Crippen molar-refractivity contribution >= 4 is 27.9 Å². The standard InChI is InChI=1S/C25H34N8/c1-17(7-8-20(15-26)32-13-11-27-12-14-32)30-25-29-16-22-21-9-10-28-18(2)23(21)33(24(22)31-25)19-5-3-4-6-19/h7-10,15-17,19,27H,3-6,11-14,26H2,1-2H3,(H,29,30,31)/b8-7-,20-15+. The number of rotatable bonds is 6. The third kappa shape index (κ3) is 4.27. The molecule has 174 valence electrons. The number of allylic oxidation sites excluding steroid dienone is 1. The highest BCUT2D eigenvalue weighted by Gasteiger charge is 2.24. The van der Waals surface area contributed by atoms with Gasteiger partial charge in [-0.25, -0.2) is 4.98 Å². The summed E-state index contributed by atoms with van der Waals surface area (Å²) in [6.07, 6.45) is 14.7. The van der Waals surface area contributed by atoms with Gasteiger partial charge in [0.2, 0.25) is 5.95 Å². The SMILES string of the molecule is Cc1nccc2c3cnc(NC(C)/C=C\C(=C/N)N4CCNCC4)nc3n(C3CCCC3)c12. The molecule has 4 N–H and O–H groups in total. The van der Waals surface area contributed by atoms with Gasteiger partial charge in [-0.1, -0.05) is 18.9 Å². The largest absolute Gasteiger partial charge is 0.403 e. The van der Waals surface area contributed by atoms with Crippen molar-refractivity contribution in [3.8, 4) is 0 Å². The Labute approximate surface area is 195 Å². The molecule has 3 aromatic heterocycles. The van der Waals surface area contributed by atoms with E-state index in [-0.39, 0.29) is 6.04 Å². The number of aromatic nitrogens is 4. The predicted molar refractivity (Wildman–Crippen MR) is 134 cm³/mol. The van der Waals surface area contributed by atoms with Crippen LogP contribution in [0.25, 0.3) is 21.9 Å². The molecule has 3 aromatic rings. The Morgan fingerprint density at radius 3 is 2.76 bits per heavy atom. The molecule has 8 heteroatoms. The normalized spacial score (nSPS) is 19.2. The van der Waals surface area contributed by atoms with E-state index >= 15 is 0 Å². The van der Waals surface area contributed by atoms with Gasteiger partial charge in [-0.15, -0.1) is 0 Å². The van der Waals surface area contributed by atoms with E-state index in [9.17, 15) is 0 Å². The van der Waals surface area contributed by atoms with E-state index in [1.54, 1.807) is 6.20 Å². The topological polar surface area (TPSA) is 96.9 Å². The lowest BCUT2D eigenvalue weighted by Gasteiger charge is -2.30. The quantitative estimate of drug-likeness (QED) is 0.499. The van der Waals surface area contributed by atoms with E-state index < -0.39 is 0 Å². The molecule has 5 rings (SSSR count). The number of pyridine rings is 1. The molecule has 1 unspecified atom stereocenters. The van der Waals surface area contributed by atoms with Crippen LogP contribution >= 0.6 is 0 Å². The monoisotopic (exact) mass is 446 g/mol. The first-order chi connectivity index (χ1) is 16.2. The third-order valence-electron chi connectivity index (χ3n) is 6.89. The molecule has 4 heterocycles. The second-order valence-electron chi connectivity index (χ2n) is 9.15. The fraction of sp³-hybridized carbons (Fsp3) is 0.480. The van der Waals surface area contributed by atoms with Crippen LogP contribution < -0.4 is 16.4 Å². The van der Waals surface area contributed by atoms with Gasteiger partial charge in [0.25, 0.3) is 0 Å². The summed E-state index contributed by atoms with van der Waals surface area (Å²) in [6.45, 7) is 8.10. The second-order valence-corrected chi connectivity index (χ2v) is 9.15. The van der Waals surface area contributed by atoms with Crippen molar-refractivity contribution in [3.05, 3.63) is 48.2 Å². The summed E-state index contributed by atoms with van der Waals surface area (Å²) in [5, 5.41) is 9.12. The Morgan fingerprint density at radius 2 is 2.00 bits per heavy atom. The van der Waals surface area contributed by atoms with E-state index in [1.165, 1.54) is 36.6 Å². The summed E-state index contributed by atoms with van der Waals surface area (Å²) in [5.41, 5.74) is 10.2. The molecular weight excluding hydrogens is 412 g/mol. The lowest BCUT2D eigenvalue weighted by molar-refractivity contribution is 0.306. The number of nitrogens with one attached hydrogen (secondary N) is 2. The van der Waals surface area contributed by atoms with E-state index in [4.69, 9.17) is 10.7 Å². The summed E-state index contributed by atoms with van der Waals surface area (Å²) in [4.78, 5) is 16.5. The van der Waals surface area contributed by atoms with Crippen LogP contribution in [-0.2, 0) is 0 Å². The van der Waals surface area contributed by atoms with Crippen LogP contribution in [0.2, 0.25) is 0 Å². The highest BCUT2D eigenvalue weighted by Crippen LogP contribution is 2.38. The number of nitrogens with two attached hydrogens (primary N) is 1. The van der Waals surface area contributed by atoms with Crippen LogP contribution in [0.4, 0.5) is 5.95 Å². The lowest BCUT2D eigenvalue weighted by Crippen LogP contribution is -2.42. The van der Waals surface area contributed by atoms with Gasteiger partial charge in [0, 0.05) is 67.6 Å². The van der Waals surface area contributed by atoms with E-state index in [2.05, 4.69) is 62.1 Å². The zero-order chi connectivity index (χ0) is 22.8. The highest BCUT2D eigenvalue weighted by atomic mass is 15.2. The fourth-order valence-electron chi connectivity index (χ4n) is 5.20. The van der Waals surface area contributed by atoms with E-state index in [0.717, 1.165) is 48.6 Å². The molecule has 8 nitrogen and oxygen atoms in total. The van der Waals surface area contributed by atoms with E-state index in [1.807, 2.05) is 12.4 Å². The number of aryl methyl sites for hydroxylation is 1. The first-order valence-corrected chi connectivity index (χ1v) is 12.1. The van der Waals surface area contributed by atoms with Crippen LogP contribution in [0.15, 0.2) is 42.5 Å². The predicted octanol–water partition coefficient (Wildman–Crippen LogP) is 3.46. The average Bonchev–Trinajstić information content (AvgIpc) is 3.47. The summed E-state index contributed by atoms with van der Waals surface area (Å²) in [7, 11) is 0. The van der Waals surface area contributed by atoms with Gasteiger partial charge in [-0.05, 0) is 38.8 Å². The van der Waals surface area contributed by atoms with Gasteiger partial charge in [0.15, 0.2) is 0 Å². The van der Waals surface area contributed by atoms with Crippen LogP contribution in [-0.4, -0.2) is 56.6 Å². The van der Waals surface area contributed by atoms with Crippen LogP contribution in [0, 0.1) is 6.92 Å². The van der Waals surface area contributed by atoms with Crippen molar-refractivity contribution in [2.75, 3.05) is 31.5 Å². The Hall–Kier alpha value is -3.13.